The molecule has 1 amide bonds. The summed E-state index contributed by atoms with van der Waals surface area (Å²) in [5.74, 6) is 0.793. The van der Waals surface area contributed by atoms with Crippen LogP contribution >= 0.6 is 23.2 Å². The zero-order chi connectivity index (χ0) is 23.9. The largest absolute Gasteiger partial charge is 0.352 e. The number of carbonyl (C=O) groups excluding carboxylic acids is 2. The summed E-state index contributed by atoms with van der Waals surface area (Å²) < 4.78 is 2.01. The monoisotopic (exact) mass is 493 g/mol. The minimum Gasteiger partial charge on any atom is -0.352 e. The average molecular weight is 494 g/mol. The predicted molar refractivity (Wildman–Crippen MR) is 137 cm³/mol. The van der Waals surface area contributed by atoms with Gasteiger partial charge in [-0.3, -0.25) is 9.59 Å². The Bertz CT molecular complexity index is 1300. The molecule has 0 bridgehead atoms. The Kier molecular flexibility index (Phi) is 7.99. The summed E-state index contributed by atoms with van der Waals surface area (Å²) >= 11 is 11.9. The number of hydrogen-bond donors (Lipinski definition) is 1. The third kappa shape index (κ3) is 6.04. The van der Waals surface area contributed by atoms with Gasteiger partial charge in [-0.25, -0.2) is 4.98 Å². The number of para-hydroxylation sites is 2. The molecular weight excluding hydrogens is 469 g/mol. The Labute approximate surface area is 208 Å². The van der Waals surface area contributed by atoms with Crippen LogP contribution in [0.3, 0.4) is 0 Å². The molecule has 4 rings (SSSR count). The molecule has 3 aromatic carbocycles. The molecule has 0 unspecified atom stereocenters. The summed E-state index contributed by atoms with van der Waals surface area (Å²) in [4.78, 5) is 29.9. The van der Waals surface area contributed by atoms with Crippen LogP contribution in [0.15, 0.2) is 72.8 Å². The number of amides is 1. The quantitative estimate of drug-likeness (QED) is 0.206. The lowest BCUT2D eigenvalue weighted by Gasteiger charge is -2.09. The van der Waals surface area contributed by atoms with E-state index in [9.17, 15) is 9.59 Å². The van der Waals surface area contributed by atoms with Crippen LogP contribution in [0.25, 0.3) is 11.0 Å². The molecule has 0 atom stereocenters. The number of unbranched alkanes of at least 4 members (excludes halogenated alkanes) is 2. The van der Waals surface area contributed by atoms with Crippen molar-refractivity contribution in [3.05, 3.63) is 99.8 Å². The van der Waals surface area contributed by atoms with Crippen molar-refractivity contribution in [1.29, 1.82) is 0 Å². The highest BCUT2D eigenvalue weighted by Gasteiger charge is 2.15. The third-order valence-corrected chi connectivity index (χ3v) is 6.14. The lowest BCUT2D eigenvalue weighted by Crippen LogP contribution is -2.24. The van der Waals surface area contributed by atoms with E-state index >= 15 is 0 Å². The maximum absolute atomic E-state index is 12.9. The van der Waals surface area contributed by atoms with Gasteiger partial charge in [0.25, 0.3) is 5.91 Å². The lowest BCUT2D eigenvalue weighted by molar-refractivity contribution is 0.0950. The highest BCUT2D eigenvalue weighted by molar-refractivity contribution is 6.31. The number of benzene rings is 3. The molecule has 0 fully saturated rings. The molecule has 0 aliphatic rings. The van der Waals surface area contributed by atoms with Crippen LogP contribution in [0.5, 0.6) is 0 Å². The summed E-state index contributed by atoms with van der Waals surface area (Å²) in [6.07, 6.45) is 3.46. The lowest BCUT2D eigenvalue weighted by atomic mass is 10.1. The van der Waals surface area contributed by atoms with E-state index in [0.29, 0.717) is 27.7 Å². The summed E-state index contributed by atoms with van der Waals surface area (Å²) in [5.41, 5.74) is 3.03. The minimum atomic E-state index is -0.120. The Morgan fingerprint density at radius 2 is 1.62 bits per heavy atom. The molecule has 0 saturated carbocycles. The van der Waals surface area contributed by atoms with Crippen LogP contribution in [-0.2, 0) is 13.0 Å². The first kappa shape index (κ1) is 24.0. The van der Waals surface area contributed by atoms with Gasteiger partial charge in [-0.05, 0) is 67.4 Å². The molecule has 0 aliphatic heterocycles. The molecule has 174 valence electrons. The van der Waals surface area contributed by atoms with Gasteiger partial charge in [-0.2, -0.15) is 0 Å². The van der Waals surface area contributed by atoms with Crippen LogP contribution in [0.1, 0.15) is 45.8 Å². The van der Waals surface area contributed by atoms with Crippen molar-refractivity contribution in [2.45, 2.75) is 32.2 Å². The Morgan fingerprint density at radius 3 is 2.41 bits per heavy atom. The smallest absolute Gasteiger partial charge is 0.251 e. The fourth-order valence-electron chi connectivity index (χ4n) is 3.88. The van der Waals surface area contributed by atoms with Gasteiger partial charge in [0.15, 0.2) is 5.78 Å². The van der Waals surface area contributed by atoms with E-state index in [1.165, 1.54) is 0 Å². The number of nitrogens with zero attached hydrogens (tertiary/aromatic N) is 2. The average Bonchev–Trinajstić information content (AvgIpc) is 3.18. The van der Waals surface area contributed by atoms with Crippen LogP contribution < -0.4 is 5.32 Å². The molecule has 0 aliphatic carbocycles. The zero-order valence-corrected chi connectivity index (χ0v) is 20.1. The number of fused-ring (bicyclic) bond motifs is 1. The minimum absolute atomic E-state index is 0.0183. The predicted octanol–water partition coefficient (Wildman–Crippen LogP) is 6.37. The zero-order valence-electron chi connectivity index (χ0n) is 18.6. The van der Waals surface area contributed by atoms with E-state index in [2.05, 4.69) is 5.32 Å². The molecule has 1 heterocycles. The summed E-state index contributed by atoms with van der Waals surface area (Å²) in [5, 5.41) is 4.09. The number of imidazole rings is 1. The number of hydrogen-bond acceptors (Lipinski definition) is 3. The maximum atomic E-state index is 12.9. The molecular formula is C27H25Cl2N3O2. The standard InChI is InChI=1S/C27H25Cl2N3O2/c28-21-14-12-19(13-15-21)25(33)18-32-24-10-4-3-9-23(24)31-26(32)11-2-1-5-16-30-27(34)20-7-6-8-22(29)17-20/h3-4,6-10,12-15,17H,1-2,5,11,16,18H2,(H,30,34). The van der Waals surface area contributed by atoms with Gasteiger partial charge in [0.1, 0.15) is 5.82 Å². The van der Waals surface area contributed by atoms with Crippen LogP contribution in [0.2, 0.25) is 10.0 Å². The van der Waals surface area contributed by atoms with Gasteiger partial charge in [0.2, 0.25) is 0 Å². The van der Waals surface area contributed by atoms with Gasteiger partial charge < -0.3 is 9.88 Å². The molecule has 0 spiro atoms. The fourth-order valence-corrected chi connectivity index (χ4v) is 4.20. The molecule has 0 radical (unpaired) electrons. The summed E-state index contributed by atoms with van der Waals surface area (Å²) in [6, 6.07) is 21.7. The normalized spacial score (nSPS) is 11.0. The number of aryl methyl sites for hydroxylation is 1. The van der Waals surface area contributed by atoms with E-state index in [1.807, 2.05) is 28.8 Å². The van der Waals surface area contributed by atoms with Gasteiger partial charge in [-0.15, -0.1) is 0 Å². The van der Waals surface area contributed by atoms with Crippen LogP contribution in [0, 0.1) is 0 Å². The van der Waals surface area contributed by atoms with Crippen LogP contribution in [0.4, 0.5) is 0 Å². The van der Waals surface area contributed by atoms with Gasteiger partial charge >= 0.3 is 0 Å². The van der Waals surface area contributed by atoms with Gasteiger partial charge in [-0.1, -0.05) is 47.8 Å². The van der Waals surface area contributed by atoms with E-state index in [1.54, 1.807) is 48.5 Å². The second-order valence-electron chi connectivity index (χ2n) is 8.11. The first-order chi connectivity index (χ1) is 16.5. The van der Waals surface area contributed by atoms with Crippen molar-refractivity contribution in [2.24, 2.45) is 0 Å². The fraction of sp³-hybridized carbons (Fsp3) is 0.222. The summed E-state index contributed by atoms with van der Waals surface area (Å²) in [7, 11) is 0. The second kappa shape index (κ2) is 11.3. The van der Waals surface area contributed by atoms with Crippen molar-refractivity contribution in [3.63, 3.8) is 0 Å². The second-order valence-corrected chi connectivity index (χ2v) is 8.98. The van der Waals surface area contributed by atoms with E-state index in [4.69, 9.17) is 28.2 Å². The Hall–Kier alpha value is -3.15. The molecule has 7 heteroatoms. The Balaban J connectivity index is 1.33. The van der Waals surface area contributed by atoms with Crippen molar-refractivity contribution in [2.75, 3.05) is 6.54 Å². The molecule has 5 nitrogen and oxygen atoms in total. The molecule has 1 N–H and O–H groups in total. The van der Waals surface area contributed by atoms with Crippen LogP contribution in [-0.4, -0.2) is 27.8 Å². The Morgan fingerprint density at radius 1 is 0.824 bits per heavy atom. The summed E-state index contributed by atoms with van der Waals surface area (Å²) in [6.45, 7) is 0.823. The number of halogens is 2. The molecule has 0 saturated heterocycles. The van der Waals surface area contributed by atoms with Crippen molar-refractivity contribution in [1.82, 2.24) is 14.9 Å². The highest BCUT2D eigenvalue weighted by atomic mass is 35.5. The number of carbonyl (C=O) groups is 2. The molecule has 4 aromatic rings. The van der Waals surface area contributed by atoms with Crippen molar-refractivity contribution >= 4 is 45.9 Å². The van der Waals surface area contributed by atoms with E-state index in [0.717, 1.165) is 42.5 Å². The van der Waals surface area contributed by atoms with Gasteiger partial charge in [0.05, 0.1) is 17.6 Å². The third-order valence-electron chi connectivity index (χ3n) is 5.65. The number of nitrogens with one attached hydrogen (secondary N) is 1. The number of ketones is 1. The number of aromatic nitrogens is 2. The number of Topliss-reactive ketones (excluding diaryl/α,β-unsaturated/α-hetero) is 1. The first-order valence-corrected chi connectivity index (χ1v) is 12.0. The van der Waals surface area contributed by atoms with Gasteiger partial charge in [0, 0.05) is 34.1 Å². The molecule has 34 heavy (non-hydrogen) atoms. The maximum Gasteiger partial charge on any atom is 0.251 e. The SMILES string of the molecule is O=C(Cn1c(CCCCCNC(=O)c2cccc(Cl)c2)nc2ccccc21)c1ccc(Cl)cc1. The highest BCUT2D eigenvalue weighted by Crippen LogP contribution is 2.19. The van der Waals surface area contributed by atoms with E-state index < -0.39 is 0 Å². The number of rotatable bonds is 10. The molecule has 1 aromatic heterocycles. The van der Waals surface area contributed by atoms with Crippen molar-refractivity contribution < 1.29 is 9.59 Å². The van der Waals surface area contributed by atoms with E-state index in [-0.39, 0.29) is 18.2 Å². The van der Waals surface area contributed by atoms with Crippen molar-refractivity contribution in [3.8, 4) is 0 Å². The first-order valence-electron chi connectivity index (χ1n) is 11.3. The topological polar surface area (TPSA) is 64.0 Å².